The van der Waals surface area contributed by atoms with E-state index in [0.717, 1.165) is 4.47 Å². The molecule has 1 nitrogen and oxygen atoms in total. The average molecular weight is 364 g/mol. The number of carbonyl (C=O) groups is 1. The lowest BCUT2D eigenvalue weighted by Gasteiger charge is -2.02. The van der Waals surface area contributed by atoms with Crippen LogP contribution in [0.4, 0.5) is 4.39 Å². The maximum absolute atomic E-state index is 13.1. The number of halogens is 3. The minimum absolute atomic E-state index is 0.187. The zero-order valence-corrected chi connectivity index (χ0v) is 11.8. The Kier molecular flexibility index (Phi) is 3.56. The summed E-state index contributed by atoms with van der Waals surface area (Å²) in [4.78, 5) is 12.7. The SMILES string of the molecule is O=C(c1cc(F)ccc1Br)c1sccc1Br. The van der Waals surface area contributed by atoms with Gasteiger partial charge >= 0.3 is 0 Å². The number of hydrogen-bond acceptors (Lipinski definition) is 2. The molecule has 0 atom stereocenters. The van der Waals surface area contributed by atoms with E-state index >= 15 is 0 Å². The average Bonchev–Trinajstić information content (AvgIpc) is 2.67. The molecule has 2 rings (SSSR count). The summed E-state index contributed by atoms with van der Waals surface area (Å²) in [5.41, 5.74) is 0.336. The fourth-order valence-electron chi connectivity index (χ4n) is 1.25. The Labute approximate surface area is 113 Å². The number of benzene rings is 1. The fraction of sp³-hybridized carbons (Fsp3) is 0. The molecule has 16 heavy (non-hydrogen) atoms. The van der Waals surface area contributed by atoms with Gasteiger partial charge in [-0.3, -0.25) is 4.79 Å². The predicted molar refractivity (Wildman–Crippen MR) is 69.6 cm³/mol. The Balaban J connectivity index is 2.49. The lowest BCUT2D eigenvalue weighted by molar-refractivity contribution is 0.104. The molecule has 1 aromatic heterocycles. The Morgan fingerprint density at radius 3 is 2.56 bits per heavy atom. The predicted octanol–water partition coefficient (Wildman–Crippen LogP) is 4.64. The van der Waals surface area contributed by atoms with Crippen molar-refractivity contribution in [2.45, 2.75) is 0 Å². The largest absolute Gasteiger partial charge is 0.288 e. The van der Waals surface area contributed by atoms with E-state index in [1.807, 2.05) is 5.38 Å². The van der Waals surface area contributed by atoms with E-state index in [9.17, 15) is 9.18 Å². The van der Waals surface area contributed by atoms with Crippen LogP contribution in [0.2, 0.25) is 0 Å². The Morgan fingerprint density at radius 2 is 1.94 bits per heavy atom. The molecule has 0 aliphatic rings. The first kappa shape index (κ1) is 12.0. The van der Waals surface area contributed by atoms with E-state index < -0.39 is 5.82 Å². The molecule has 2 aromatic rings. The first-order valence-corrected chi connectivity index (χ1v) is 6.79. The van der Waals surface area contributed by atoms with Crippen LogP contribution in [0.5, 0.6) is 0 Å². The monoisotopic (exact) mass is 362 g/mol. The van der Waals surface area contributed by atoms with Crippen LogP contribution in [0.25, 0.3) is 0 Å². The van der Waals surface area contributed by atoms with Crippen molar-refractivity contribution < 1.29 is 9.18 Å². The maximum atomic E-state index is 13.1. The third kappa shape index (κ3) is 2.26. The van der Waals surface area contributed by atoms with Crippen LogP contribution in [0, 0.1) is 5.82 Å². The summed E-state index contributed by atoms with van der Waals surface area (Å²) in [5.74, 6) is -0.604. The molecule has 0 spiro atoms. The van der Waals surface area contributed by atoms with Crippen LogP contribution in [0.15, 0.2) is 38.6 Å². The first-order valence-electron chi connectivity index (χ1n) is 4.32. The number of carbonyl (C=O) groups excluding carboxylic acids is 1. The highest BCUT2D eigenvalue weighted by Gasteiger charge is 2.17. The summed E-state index contributed by atoms with van der Waals surface area (Å²) < 4.78 is 14.4. The van der Waals surface area contributed by atoms with Gasteiger partial charge in [-0.15, -0.1) is 11.3 Å². The summed E-state index contributed by atoms with van der Waals surface area (Å²) in [6.45, 7) is 0. The molecule has 0 aliphatic carbocycles. The normalized spacial score (nSPS) is 10.4. The second kappa shape index (κ2) is 4.77. The fourth-order valence-corrected chi connectivity index (χ4v) is 3.18. The summed E-state index contributed by atoms with van der Waals surface area (Å²) in [7, 11) is 0. The smallest absolute Gasteiger partial charge is 0.205 e. The molecule has 0 amide bonds. The molecular weight excluding hydrogens is 359 g/mol. The van der Waals surface area contributed by atoms with E-state index in [1.54, 1.807) is 6.07 Å². The van der Waals surface area contributed by atoms with Crippen molar-refractivity contribution in [3.05, 3.63) is 54.8 Å². The van der Waals surface area contributed by atoms with Crippen molar-refractivity contribution in [2.75, 3.05) is 0 Å². The molecule has 0 radical (unpaired) electrons. The molecule has 82 valence electrons. The molecule has 0 aliphatic heterocycles. The van der Waals surface area contributed by atoms with Gasteiger partial charge in [0.2, 0.25) is 5.78 Å². The lowest BCUT2D eigenvalue weighted by Crippen LogP contribution is -2.01. The molecule has 1 heterocycles. The zero-order chi connectivity index (χ0) is 11.7. The van der Waals surface area contributed by atoms with Gasteiger partial charge in [0.25, 0.3) is 0 Å². The van der Waals surface area contributed by atoms with Gasteiger partial charge in [0.15, 0.2) is 0 Å². The Hall–Kier alpha value is -0.520. The van der Waals surface area contributed by atoms with Crippen molar-refractivity contribution >= 4 is 49.0 Å². The quantitative estimate of drug-likeness (QED) is 0.710. The summed E-state index contributed by atoms with van der Waals surface area (Å²) in [6.07, 6.45) is 0. The Morgan fingerprint density at radius 1 is 1.19 bits per heavy atom. The molecular formula is C11H5Br2FOS. The van der Waals surface area contributed by atoms with Gasteiger partial charge in [0, 0.05) is 14.5 Å². The van der Waals surface area contributed by atoms with Gasteiger partial charge in [-0.25, -0.2) is 4.39 Å². The van der Waals surface area contributed by atoms with Crippen LogP contribution in [-0.2, 0) is 0 Å². The zero-order valence-electron chi connectivity index (χ0n) is 7.84. The van der Waals surface area contributed by atoms with Gasteiger partial charge in [0.05, 0.1) is 4.88 Å². The Bertz CT molecular complexity index is 551. The molecule has 0 unspecified atom stereocenters. The number of hydrogen-bond donors (Lipinski definition) is 0. The van der Waals surface area contributed by atoms with Crippen LogP contribution in [0.1, 0.15) is 15.2 Å². The molecule has 0 saturated carbocycles. The number of rotatable bonds is 2. The standard InChI is InChI=1S/C11H5Br2FOS/c12-8-2-1-6(14)5-7(8)10(15)11-9(13)3-4-16-11/h1-5H. The van der Waals surface area contributed by atoms with E-state index in [-0.39, 0.29) is 5.78 Å². The maximum Gasteiger partial charge on any atom is 0.205 e. The molecule has 0 bridgehead atoms. The van der Waals surface area contributed by atoms with Crippen LogP contribution in [0.3, 0.4) is 0 Å². The van der Waals surface area contributed by atoms with Crippen LogP contribution in [-0.4, -0.2) is 5.78 Å². The number of ketones is 1. The first-order chi connectivity index (χ1) is 7.59. The van der Waals surface area contributed by atoms with Gasteiger partial charge in [-0.2, -0.15) is 0 Å². The topological polar surface area (TPSA) is 17.1 Å². The molecule has 0 saturated heterocycles. The van der Waals surface area contributed by atoms with Gasteiger partial charge in [-0.1, -0.05) is 15.9 Å². The van der Waals surface area contributed by atoms with Crippen molar-refractivity contribution in [2.24, 2.45) is 0 Å². The number of thiophene rings is 1. The van der Waals surface area contributed by atoms with Gasteiger partial charge < -0.3 is 0 Å². The van der Waals surface area contributed by atoms with E-state index in [0.29, 0.717) is 14.9 Å². The minimum Gasteiger partial charge on any atom is -0.288 e. The summed E-state index contributed by atoms with van der Waals surface area (Å²) in [5, 5.41) is 1.81. The molecule has 1 aromatic carbocycles. The summed E-state index contributed by atoms with van der Waals surface area (Å²) >= 11 is 7.86. The van der Waals surface area contributed by atoms with Crippen molar-refractivity contribution in [1.82, 2.24) is 0 Å². The molecule has 0 fully saturated rings. The minimum atomic E-state index is -0.417. The van der Waals surface area contributed by atoms with Crippen molar-refractivity contribution in [3.8, 4) is 0 Å². The van der Waals surface area contributed by atoms with Crippen LogP contribution >= 0.6 is 43.2 Å². The lowest BCUT2D eigenvalue weighted by atomic mass is 10.1. The second-order valence-electron chi connectivity index (χ2n) is 3.05. The van der Waals surface area contributed by atoms with Crippen molar-refractivity contribution in [1.29, 1.82) is 0 Å². The van der Waals surface area contributed by atoms with E-state index in [1.165, 1.54) is 29.5 Å². The molecule has 5 heteroatoms. The van der Waals surface area contributed by atoms with Gasteiger partial charge in [0.1, 0.15) is 5.82 Å². The highest BCUT2D eigenvalue weighted by Crippen LogP contribution is 2.28. The molecule has 0 N–H and O–H groups in total. The van der Waals surface area contributed by atoms with Crippen LogP contribution < -0.4 is 0 Å². The van der Waals surface area contributed by atoms with Gasteiger partial charge in [-0.05, 0) is 45.6 Å². The highest BCUT2D eigenvalue weighted by atomic mass is 79.9. The van der Waals surface area contributed by atoms with E-state index in [2.05, 4.69) is 31.9 Å². The highest BCUT2D eigenvalue weighted by molar-refractivity contribution is 9.11. The van der Waals surface area contributed by atoms with E-state index in [4.69, 9.17) is 0 Å². The second-order valence-corrected chi connectivity index (χ2v) is 5.68. The third-order valence-corrected chi connectivity index (χ3v) is 4.52. The third-order valence-electron chi connectivity index (χ3n) is 2.00. The summed E-state index contributed by atoms with van der Waals surface area (Å²) in [6, 6.07) is 5.87. The van der Waals surface area contributed by atoms with Crippen molar-refractivity contribution in [3.63, 3.8) is 0 Å².